The van der Waals surface area contributed by atoms with E-state index in [9.17, 15) is 9.59 Å². The number of benzene rings is 2. The molecule has 0 atom stereocenters. The van der Waals surface area contributed by atoms with Crippen LogP contribution in [0, 0.1) is 6.92 Å². The van der Waals surface area contributed by atoms with Crippen LogP contribution in [0.1, 0.15) is 57.3 Å². The van der Waals surface area contributed by atoms with Crippen molar-refractivity contribution in [2.75, 3.05) is 6.61 Å². The summed E-state index contributed by atoms with van der Waals surface area (Å²) in [7, 11) is 0. The molecule has 0 aliphatic rings. The fourth-order valence-electron chi connectivity index (χ4n) is 3.82. The van der Waals surface area contributed by atoms with Crippen LogP contribution in [0.5, 0.6) is 5.88 Å². The first-order valence-corrected chi connectivity index (χ1v) is 11.8. The number of aromatic nitrogens is 2. The van der Waals surface area contributed by atoms with E-state index in [1.54, 1.807) is 18.3 Å². The average molecular weight is 465 g/mol. The molecule has 0 saturated heterocycles. The lowest BCUT2D eigenvalue weighted by molar-refractivity contribution is 0.0891. The van der Waals surface area contributed by atoms with Crippen LogP contribution < -0.4 is 4.74 Å². The fourth-order valence-corrected chi connectivity index (χ4v) is 3.82. The Morgan fingerprint density at radius 1 is 0.857 bits per heavy atom. The monoisotopic (exact) mass is 464 g/mol. The molecule has 0 bridgehead atoms. The molecule has 0 aliphatic heterocycles. The van der Waals surface area contributed by atoms with E-state index in [0.717, 1.165) is 28.7 Å². The zero-order chi connectivity index (χ0) is 24.6. The average Bonchev–Trinajstić information content (AvgIpc) is 2.88. The first-order chi connectivity index (χ1) is 17.0. The number of ketones is 2. The normalized spacial score (nSPS) is 10.7. The van der Waals surface area contributed by atoms with Crippen LogP contribution >= 0.6 is 0 Å². The second kappa shape index (κ2) is 11.3. The van der Waals surface area contributed by atoms with E-state index in [2.05, 4.69) is 22.1 Å². The van der Waals surface area contributed by atoms with Crippen LogP contribution in [0.3, 0.4) is 0 Å². The van der Waals surface area contributed by atoms with Gasteiger partial charge in [-0.15, -0.1) is 0 Å². The minimum absolute atomic E-state index is 0.238. The molecule has 0 saturated carbocycles. The van der Waals surface area contributed by atoms with Crippen LogP contribution in [0.4, 0.5) is 0 Å². The molecule has 35 heavy (non-hydrogen) atoms. The summed E-state index contributed by atoms with van der Waals surface area (Å²) in [5, 5.41) is 0. The van der Waals surface area contributed by atoms with Gasteiger partial charge < -0.3 is 4.74 Å². The van der Waals surface area contributed by atoms with Gasteiger partial charge in [-0.1, -0.05) is 43.3 Å². The molecule has 2 aromatic carbocycles. The Hall–Kier alpha value is -4.12. The Morgan fingerprint density at radius 3 is 2.46 bits per heavy atom. The van der Waals surface area contributed by atoms with Gasteiger partial charge in [-0.25, -0.2) is 4.98 Å². The number of pyridine rings is 2. The summed E-state index contributed by atoms with van der Waals surface area (Å²) in [5.74, 6) is 0.0149. The molecule has 5 nitrogen and oxygen atoms in total. The van der Waals surface area contributed by atoms with Crippen molar-refractivity contribution in [3.05, 3.63) is 113 Å². The Labute approximate surface area is 205 Å². The van der Waals surface area contributed by atoms with Crippen LogP contribution in [0.2, 0.25) is 0 Å². The van der Waals surface area contributed by atoms with Crippen LogP contribution in [-0.2, 0) is 6.42 Å². The largest absolute Gasteiger partial charge is 0.478 e. The topological polar surface area (TPSA) is 69.2 Å². The molecule has 4 rings (SSSR count). The molecule has 0 amide bonds. The zero-order valence-electron chi connectivity index (χ0n) is 20.0. The number of Topliss-reactive ketones (excluding diaryl/α,β-unsaturated/α-hetero) is 2. The quantitative estimate of drug-likeness (QED) is 0.204. The van der Waals surface area contributed by atoms with Crippen molar-refractivity contribution in [3.8, 4) is 17.1 Å². The maximum Gasteiger partial charge on any atom is 0.213 e. The summed E-state index contributed by atoms with van der Waals surface area (Å²) in [5.41, 5.74) is 5.35. The van der Waals surface area contributed by atoms with Gasteiger partial charge in [-0.3, -0.25) is 14.6 Å². The highest BCUT2D eigenvalue weighted by Gasteiger charge is 2.17. The van der Waals surface area contributed by atoms with Gasteiger partial charge in [0, 0.05) is 23.4 Å². The lowest BCUT2D eigenvalue weighted by atomic mass is 9.95. The summed E-state index contributed by atoms with van der Waals surface area (Å²) in [6, 6.07) is 24.9. The van der Waals surface area contributed by atoms with Gasteiger partial charge >= 0.3 is 0 Å². The minimum atomic E-state index is -0.290. The van der Waals surface area contributed by atoms with E-state index >= 15 is 0 Å². The summed E-state index contributed by atoms with van der Waals surface area (Å²) < 4.78 is 5.70. The smallest absolute Gasteiger partial charge is 0.213 e. The predicted octanol–water partition coefficient (Wildman–Crippen LogP) is 6.29. The van der Waals surface area contributed by atoms with E-state index in [-0.39, 0.29) is 18.0 Å². The molecular weight excluding hydrogens is 436 g/mol. The van der Waals surface area contributed by atoms with Gasteiger partial charge in [0.15, 0.2) is 11.6 Å². The van der Waals surface area contributed by atoms with Gasteiger partial charge in [-0.2, -0.15) is 0 Å². The van der Waals surface area contributed by atoms with Crippen molar-refractivity contribution >= 4 is 11.6 Å². The van der Waals surface area contributed by atoms with E-state index in [1.165, 1.54) is 0 Å². The molecule has 0 aliphatic carbocycles. The van der Waals surface area contributed by atoms with Crippen molar-refractivity contribution in [3.63, 3.8) is 0 Å². The fraction of sp³-hybridized carbons (Fsp3) is 0.200. The SMILES string of the molecule is CCCOc1cccc(-c2cc(Cc3ccccc3)cc(C(=O)CC(=O)c3cc(C)ccn3)c2)n1. The molecule has 0 radical (unpaired) electrons. The Bertz CT molecular complexity index is 1330. The van der Waals surface area contributed by atoms with Gasteiger partial charge in [0.05, 0.1) is 18.7 Å². The number of carbonyl (C=O) groups is 2. The Morgan fingerprint density at radius 2 is 1.69 bits per heavy atom. The number of rotatable bonds is 10. The molecule has 0 unspecified atom stereocenters. The predicted molar refractivity (Wildman–Crippen MR) is 137 cm³/mol. The summed E-state index contributed by atoms with van der Waals surface area (Å²) in [6.07, 6.45) is 2.90. The first kappa shape index (κ1) is 24.0. The highest BCUT2D eigenvalue weighted by atomic mass is 16.5. The summed E-state index contributed by atoms with van der Waals surface area (Å²) in [6.45, 7) is 4.52. The number of aryl methyl sites for hydroxylation is 1. The number of nitrogens with zero attached hydrogens (tertiary/aromatic N) is 2. The third-order valence-electron chi connectivity index (χ3n) is 5.56. The van der Waals surface area contributed by atoms with Gasteiger partial charge in [0.25, 0.3) is 0 Å². The maximum absolute atomic E-state index is 13.2. The van der Waals surface area contributed by atoms with Crippen molar-refractivity contribution in [1.29, 1.82) is 0 Å². The summed E-state index contributed by atoms with van der Waals surface area (Å²) >= 11 is 0. The van der Waals surface area contributed by atoms with Gasteiger partial charge in [0.1, 0.15) is 5.69 Å². The van der Waals surface area contributed by atoms with Crippen molar-refractivity contribution in [2.45, 2.75) is 33.1 Å². The van der Waals surface area contributed by atoms with Crippen LogP contribution in [-0.4, -0.2) is 28.1 Å². The highest BCUT2D eigenvalue weighted by Crippen LogP contribution is 2.25. The number of hydrogen-bond donors (Lipinski definition) is 0. The third kappa shape index (κ3) is 6.48. The maximum atomic E-state index is 13.2. The van der Waals surface area contributed by atoms with Crippen molar-refractivity contribution in [2.24, 2.45) is 0 Å². The molecule has 0 N–H and O–H groups in total. The number of carbonyl (C=O) groups excluding carboxylic acids is 2. The Balaban J connectivity index is 1.67. The Kier molecular flexibility index (Phi) is 7.78. The highest BCUT2D eigenvalue weighted by molar-refractivity contribution is 6.13. The lowest BCUT2D eigenvalue weighted by Crippen LogP contribution is -2.11. The minimum Gasteiger partial charge on any atom is -0.478 e. The second-order valence-corrected chi connectivity index (χ2v) is 8.53. The standard InChI is InChI=1S/C30H28N2O3/c1-3-14-35-30-11-7-10-26(32-30)24-17-23(16-22-8-5-4-6-9-22)18-25(19-24)28(33)20-29(34)27-15-21(2)12-13-31-27/h4-13,15,17-19H,3,14,16,20H2,1-2H3. The van der Waals surface area contributed by atoms with E-state index in [1.807, 2.05) is 68.4 Å². The molecule has 4 aromatic rings. The van der Waals surface area contributed by atoms with Gasteiger partial charge in [0.2, 0.25) is 5.88 Å². The molecule has 0 spiro atoms. The number of ether oxygens (including phenoxy) is 1. The van der Waals surface area contributed by atoms with E-state index < -0.39 is 0 Å². The number of hydrogen-bond acceptors (Lipinski definition) is 5. The summed E-state index contributed by atoms with van der Waals surface area (Å²) in [4.78, 5) is 34.7. The van der Waals surface area contributed by atoms with Crippen LogP contribution in [0.25, 0.3) is 11.3 Å². The first-order valence-electron chi connectivity index (χ1n) is 11.8. The van der Waals surface area contributed by atoms with Crippen molar-refractivity contribution in [1.82, 2.24) is 9.97 Å². The molecule has 5 heteroatoms. The van der Waals surface area contributed by atoms with Gasteiger partial charge in [-0.05, 0) is 72.9 Å². The van der Waals surface area contributed by atoms with Crippen LogP contribution in [0.15, 0.2) is 85.1 Å². The zero-order valence-corrected chi connectivity index (χ0v) is 20.0. The lowest BCUT2D eigenvalue weighted by Gasteiger charge is -2.11. The van der Waals surface area contributed by atoms with E-state index in [4.69, 9.17) is 4.74 Å². The molecule has 2 heterocycles. The molecular formula is C30H28N2O3. The second-order valence-electron chi connectivity index (χ2n) is 8.53. The molecule has 2 aromatic heterocycles. The van der Waals surface area contributed by atoms with Crippen molar-refractivity contribution < 1.29 is 14.3 Å². The molecule has 176 valence electrons. The van der Waals surface area contributed by atoms with E-state index in [0.29, 0.717) is 35.9 Å². The third-order valence-corrected chi connectivity index (χ3v) is 5.56. The molecule has 0 fully saturated rings.